The summed E-state index contributed by atoms with van der Waals surface area (Å²) < 4.78 is 31.0. The molecule has 0 amide bonds. The lowest BCUT2D eigenvalue weighted by atomic mass is 10.1. The summed E-state index contributed by atoms with van der Waals surface area (Å²) in [6.45, 7) is 2.77. The lowest BCUT2D eigenvalue weighted by Gasteiger charge is -2.22. The second-order valence-electron chi connectivity index (χ2n) is 9.52. The third-order valence-electron chi connectivity index (χ3n) is 6.19. The molecule has 0 atom stereocenters. The maximum Gasteiger partial charge on any atom is 0.294 e. The quantitative estimate of drug-likeness (QED) is 0.226. The first-order chi connectivity index (χ1) is 19.3. The monoisotopic (exact) mass is 521 g/mol. The van der Waals surface area contributed by atoms with Crippen molar-refractivity contribution < 1.29 is 13.8 Å². The van der Waals surface area contributed by atoms with Crippen LogP contribution >= 0.6 is 0 Å². The summed E-state index contributed by atoms with van der Waals surface area (Å²) >= 11 is 0. The molecule has 2 heterocycles. The second-order valence-corrected chi connectivity index (χ2v) is 9.52. The lowest BCUT2D eigenvalue weighted by Crippen LogP contribution is -2.28. The van der Waals surface area contributed by atoms with Crippen LogP contribution in [-0.4, -0.2) is 70.7 Å². The maximum atomic E-state index is 12.0. The molecule has 4 aromatic rings. The van der Waals surface area contributed by atoms with E-state index < -0.39 is 11.8 Å². The second kappa shape index (κ2) is 11.0. The standard InChI is InChI=1S/C27H34N8O3/c1-17(2)34-18(3)29-21-9-8-19(14-23(21)34)20-10-11-28-27(30-20)31-22-15-25(35(36)37)24(16-26(22)38-7)33(6)13-12-32(4)5/h8-11,14-17H,12-13H2,1-7H3,(H,28,30,31)/i3D3. The molecule has 4 rings (SSSR count). The zero-order chi connectivity index (χ0) is 30.1. The topological polar surface area (TPSA) is 114 Å². The zero-order valence-electron chi connectivity index (χ0n) is 25.4. The molecule has 0 aliphatic heterocycles. The van der Waals surface area contributed by atoms with E-state index in [2.05, 4.69) is 20.3 Å². The summed E-state index contributed by atoms with van der Waals surface area (Å²) in [5.41, 5.74) is 3.26. The van der Waals surface area contributed by atoms with Crippen LogP contribution in [0.1, 0.15) is 29.8 Å². The Morgan fingerprint density at radius 1 is 1.16 bits per heavy atom. The van der Waals surface area contributed by atoms with Gasteiger partial charge < -0.3 is 24.4 Å². The van der Waals surface area contributed by atoms with Gasteiger partial charge in [-0.15, -0.1) is 0 Å². The predicted octanol–water partition coefficient (Wildman–Crippen LogP) is 5.04. The van der Waals surface area contributed by atoms with Gasteiger partial charge in [-0.25, -0.2) is 15.0 Å². The highest BCUT2D eigenvalue weighted by Gasteiger charge is 2.22. The summed E-state index contributed by atoms with van der Waals surface area (Å²) in [6, 6.07) is 10.1. The van der Waals surface area contributed by atoms with Gasteiger partial charge in [0.25, 0.3) is 5.69 Å². The number of hydrogen-bond acceptors (Lipinski definition) is 9. The lowest BCUT2D eigenvalue weighted by molar-refractivity contribution is -0.384. The van der Waals surface area contributed by atoms with Crippen LogP contribution in [0.5, 0.6) is 5.75 Å². The van der Waals surface area contributed by atoms with Gasteiger partial charge in [-0.1, -0.05) is 6.07 Å². The van der Waals surface area contributed by atoms with Gasteiger partial charge in [0.2, 0.25) is 5.95 Å². The van der Waals surface area contributed by atoms with Crippen LogP contribution in [-0.2, 0) is 0 Å². The molecule has 0 radical (unpaired) electrons. The Balaban J connectivity index is 1.71. The molecule has 0 spiro atoms. The number of rotatable bonds is 10. The summed E-state index contributed by atoms with van der Waals surface area (Å²) in [6.07, 6.45) is 1.58. The number of methoxy groups -OCH3 is 1. The van der Waals surface area contributed by atoms with Crippen LogP contribution in [0.15, 0.2) is 42.6 Å². The minimum atomic E-state index is -2.35. The number of hydrogen-bond donors (Lipinski definition) is 1. The Morgan fingerprint density at radius 2 is 1.95 bits per heavy atom. The predicted molar refractivity (Wildman–Crippen MR) is 151 cm³/mol. The molecule has 2 aromatic heterocycles. The van der Waals surface area contributed by atoms with Crippen molar-refractivity contribution in [2.45, 2.75) is 26.7 Å². The Kier molecular flexibility index (Phi) is 6.64. The number of anilines is 3. The number of nitro groups is 1. The van der Waals surface area contributed by atoms with Crippen LogP contribution in [0, 0.1) is 17.0 Å². The highest BCUT2D eigenvalue weighted by Crippen LogP contribution is 2.39. The molecule has 0 aliphatic rings. The van der Waals surface area contributed by atoms with E-state index in [-0.39, 0.29) is 23.5 Å². The fourth-order valence-electron chi connectivity index (χ4n) is 4.22. The Labute approximate surface area is 226 Å². The number of nitrogens with zero attached hydrogens (tertiary/aromatic N) is 7. The smallest absolute Gasteiger partial charge is 0.294 e. The van der Waals surface area contributed by atoms with Crippen LogP contribution < -0.4 is 15.0 Å². The fraction of sp³-hybridized carbons (Fsp3) is 0.370. The number of likely N-dealkylation sites (N-methyl/N-ethyl adjacent to an activating group) is 2. The number of ether oxygens (including phenoxy) is 1. The number of aryl methyl sites for hydroxylation is 1. The first-order valence-corrected chi connectivity index (χ1v) is 12.1. The average Bonchev–Trinajstić information content (AvgIpc) is 3.31. The molecule has 2 aromatic carbocycles. The van der Waals surface area contributed by atoms with Gasteiger partial charge in [-0.2, -0.15) is 0 Å². The van der Waals surface area contributed by atoms with E-state index in [1.54, 1.807) is 36.0 Å². The minimum Gasteiger partial charge on any atom is -0.494 e. The Bertz CT molecular complexity index is 1570. The molecule has 0 unspecified atom stereocenters. The average molecular weight is 522 g/mol. The number of nitrogens with one attached hydrogen (secondary N) is 1. The van der Waals surface area contributed by atoms with Gasteiger partial charge >= 0.3 is 0 Å². The highest BCUT2D eigenvalue weighted by molar-refractivity contribution is 5.82. The number of fused-ring (bicyclic) bond motifs is 1. The molecule has 0 saturated carbocycles. The van der Waals surface area contributed by atoms with Crippen molar-refractivity contribution in [1.82, 2.24) is 24.4 Å². The van der Waals surface area contributed by atoms with Crippen molar-refractivity contribution in [1.29, 1.82) is 0 Å². The first kappa shape index (κ1) is 22.9. The molecule has 200 valence electrons. The molecule has 38 heavy (non-hydrogen) atoms. The highest BCUT2D eigenvalue weighted by atomic mass is 16.6. The van der Waals surface area contributed by atoms with E-state index >= 15 is 0 Å². The van der Waals surface area contributed by atoms with Crippen molar-refractivity contribution in [2.24, 2.45) is 0 Å². The molecular weight excluding hydrogens is 484 g/mol. The van der Waals surface area contributed by atoms with Gasteiger partial charge in [0.05, 0.1) is 34.4 Å². The van der Waals surface area contributed by atoms with Crippen molar-refractivity contribution >= 4 is 34.0 Å². The molecule has 0 bridgehead atoms. The van der Waals surface area contributed by atoms with Crippen molar-refractivity contribution in [3.63, 3.8) is 0 Å². The van der Waals surface area contributed by atoms with Crippen LogP contribution in [0.25, 0.3) is 22.3 Å². The summed E-state index contributed by atoms with van der Waals surface area (Å²) in [7, 11) is 7.17. The number of imidazole rings is 1. The zero-order valence-corrected chi connectivity index (χ0v) is 22.4. The van der Waals surface area contributed by atoms with Crippen molar-refractivity contribution in [3.05, 3.63) is 58.5 Å². The van der Waals surface area contributed by atoms with Gasteiger partial charge in [-0.3, -0.25) is 10.1 Å². The number of aromatic nitrogens is 4. The van der Waals surface area contributed by atoms with E-state index in [0.29, 0.717) is 40.4 Å². The van der Waals surface area contributed by atoms with Gasteiger partial charge in [-0.05, 0) is 53.0 Å². The fourth-order valence-corrected chi connectivity index (χ4v) is 4.22. The van der Waals surface area contributed by atoms with Crippen LogP contribution in [0.2, 0.25) is 0 Å². The molecular formula is C27H34N8O3. The minimum absolute atomic E-state index is 0.0363. The largest absolute Gasteiger partial charge is 0.494 e. The van der Waals surface area contributed by atoms with E-state index in [9.17, 15) is 10.1 Å². The third-order valence-corrected chi connectivity index (χ3v) is 6.19. The summed E-state index contributed by atoms with van der Waals surface area (Å²) in [5, 5.41) is 15.0. The summed E-state index contributed by atoms with van der Waals surface area (Å²) in [4.78, 5) is 28.7. The normalized spacial score (nSPS) is 12.9. The molecule has 0 fully saturated rings. The van der Waals surface area contributed by atoms with Gasteiger partial charge in [0.1, 0.15) is 17.3 Å². The van der Waals surface area contributed by atoms with Gasteiger partial charge in [0, 0.05) is 54.2 Å². The number of nitro benzene ring substituents is 1. The van der Waals surface area contributed by atoms with E-state index in [0.717, 1.165) is 12.1 Å². The third kappa shape index (κ3) is 5.52. The van der Waals surface area contributed by atoms with Crippen molar-refractivity contribution in [3.8, 4) is 17.0 Å². The van der Waals surface area contributed by atoms with Crippen LogP contribution in [0.4, 0.5) is 23.0 Å². The summed E-state index contributed by atoms with van der Waals surface area (Å²) in [5.74, 6) is 0.648. The first-order valence-electron chi connectivity index (χ1n) is 13.6. The van der Waals surface area contributed by atoms with Crippen LogP contribution in [0.3, 0.4) is 0 Å². The molecule has 0 saturated heterocycles. The molecule has 11 heteroatoms. The maximum absolute atomic E-state index is 12.0. The van der Waals surface area contributed by atoms with E-state index in [1.165, 1.54) is 13.2 Å². The van der Waals surface area contributed by atoms with E-state index in [4.69, 9.17) is 8.85 Å². The SMILES string of the molecule is [2H]C([2H])([2H])c1nc2ccc(-c3ccnc(Nc4cc([N+](=O)[O-])c(N(C)CCN(C)C)cc4OC)n3)cc2n1C(C)C. The Hall–Kier alpha value is -4.25. The van der Waals surface area contributed by atoms with E-state index in [1.807, 2.05) is 49.9 Å². The number of benzene rings is 2. The molecule has 0 aliphatic carbocycles. The van der Waals surface area contributed by atoms with Gasteiger partial charge in [0.15, 0.2) is 0 Å². The molecule has 1 N–H and O–H groups in total. The molecule has 11 nitrogen and oxygen atoms in total. The van der Waals surface area contributed by atoms with Crippen molar-refractivity contribution in [2.75, 3.05) is 51.6 Å². The Morgan fingerprint density at radius 3 is 2.61 bits per heavy atom.